The van der Waals surface area contributed by atoms with Gasteiger partial charge in [-0.3, -0.25) is 0 Å². The third kappa shape index (κ3) is 2.38. The summed E-state index contributed by atoms with van der Waals surface area (Å²) in [6.07, 6.45) is 1.29. The van der Waals surface area contributed by atoms with Crippen molar-refractivity contribution in [1.29, 1.82) is 0 Å². The second kappa shape index (κ2) is 5.05. The van der Waals surface area contributed by atoms with E-state index in [0.29, 0.717) is 0 Å². The quantitative estimate of drug-likeness (QED) is 0.844. The molecule has 0 aromatic carbocycles. The zero-order chi connectivity index (χ0) is 11.5. The van der Waals surface area contributed by atoms with Crippen LogP contribution >= 0.6 is 11.3 Å². The summed E-state index contributed by atoms with van der Waals surface area (Å²) >= 11 is 1.56. The van der Waals surface area contributed by atoms with Crippen LogP contribution in [0.3, 0.4) is 0 Å². The highest BCUT2D eigenvalue weighted by Gasteiger charge is 2.31. The monoisotopic (exact) mass is 229 g/mol. The Labute approximate surface area is 95.1 Å². The molecule has 0 aliphatic carbocycles. The first kappa shape index (κ1) is 12.6. The van der Waals surface area contributed by atoms with Crippen molar-refractivity contribution in [2.75, 3.05) is 7.11 Å². The van der Waals surface area contributed by atoms with Crippen molar-refractivity contribution in [2.24, 2.45) is 0 Å². The van der Waals surface area contributed by atoms with E-state index in [1.807, 2.05) is 5.38 Å². The van der Waals surface area contributed by atoms with Gasteiger partial charge in [0.2, 0.25) is 0 Å². The van der Waals surface area contributed by atoms with Crippen LogP contribution in [-0.4, -0.2) is 17.2 Å². The molecule has 1 N–H and O–H groups in total. The first-order valence-electron chi connectivity index (χ1n) is 5.28. The van der Waals surface area contributed by atoms with Crippen LogP contribution in [0.4, 0.5) is 0 Å². The number of hydrogen-bond acceptors (Lipinski definition) is 4. The Kier molecular flexibility index (Phi) is 4.25. The fraction of sp³-hybridized carbons (Fsp3) is 0.727. The second-order valence-electron chi connectivity index (χ2n) is 3.66. The number of aliphatic hydroxyl groups excluding tert-OH is 1. The maximum Gasteiger partial charge on any atom is 0.125 e. The molecule has 0 radical (unpaired) electrons. The van der Waals surface area contributed by atoms with Crippen molar-refractivity contribution >= 4 is 11.3 Å². The van der Waals surface area contributed by atoms with Gasteiger partial charge in [0.1, 0.15) is 10.6 Å². The SMILES string of the molecule is CCC(CC)(OC)c1nc(C(C)O)cs1. The summed E-state index contributed by atoms with van der Waals surface area (Å²) in [6, 6.07) is 0. The lowest BCUT2D eigenvalue weighted by atomic mass is 9.98. The number of aliphatic hydroxyl groups is 1. The van der Waals surface area contributed by atoms with Gasteiger partial charge in [-0.25, -0.2) is 4.98 Å². The maximum atomic E-state index is 9.42. The van der Waals surface area contributed by atoms with Gasteiger partial charge >= 0.3 is 0 Å². The van der Waals surface area contributed by atoms with E-state index in [4.69, 9.17) is 4.74 Å². The highest BCUT2D eigenvalue weighted by Crippen LogP contribution is 2.35. The smallest absolute Gasteiger partial charge is 0.125 e. The van der Waals surface area contributed by atoms with Gasteiger partial charge in [-0.2, -0.15) is 0 Å². The van der Waals surface area contributed by atoms with E-state index in [1.54, 1.807) is 25.4 Å². The molecule has 1 heterocycles. The molecular weight excluding hydrogens is 210 g/mol. The Hall–Kier alpha value is -0.450. The maximum absolute atomic E-state index is 9.42. The van der Waals surface area contributed by atoms with Gasteiger partial charge in [0.05, 0.1) is 11.8 Å². The van der Waals surface area contributed by atoms with Crippen molar-refractivity contribution < 1.29 is 9.84 Å². The molecule has 86 valence electrons. The minimum Gasteiger partial charge on any atom is -0.387 e. The van der Waals surface area contributed by atoms with Gasteiger partial charge in [-0.05, 0) is 19.8 Å². The molecule has 1 unspecified atom stereocenters. The fourth-order valence-electron chi connectivity index (χ4n) is 1.62. The summed E-state index contributed by atoms with van der Waals surface area (Å²) in [5.41, 5.74) is 0.455. The van der Waals surface area contributed by atoms with Gasteiger partial charge in [-0.15, -0.1) is 11.3 Å². The number of thiazole rings is 1. The van der Waals surface area contributed by atoms with Gasteiger partial charge < -0.3 is 9.84 Å². The molecule has 0 fully saturated rings. The summed E-state index contributed by atoms with van der Waals surface area (Å²) in [5.74, 6) is 0. The number of rotatable bonds is 5. The van der Waals surface area contributed by atoms with E-state index < -0.39 is 6.10 Å². The topological polar surface area (TPSA) is 42.4 Å². The van der Waals surface area contributed by atoms with Crippen LogP contribution in [0.5, 0.6) is 0 Å². The lowest BCUT2D eigenvalue weighted by Gasteiger charge is -2.27. The van der Waals surface area contributed by atoms with Gasteiger partial charge in [0.25, 0.3) is 0 Å². The van der Waals surface area contributed by atoms with Crippen LogP contribution in [0.25, 0.3) is 0 Å². The van der Waals surface area contributed by atoms with Crippen LogP contribution in [0.15, 0.2) is 5.38 Å². The first-order valence-corrected chi connectivity index (χ1v) is 6.16. The summed E-state index contributed by atoms with van der Waals surface area (Å²) in [5, 5.41) is 12.3. The molecule has 0 amide bonds. The molecule has 0 aliphatic heterocycles. The third-order valence-corrected chi connectivity index (χ3v) is 3.92. The zero-order valence-corrected chi connectivity index (χ0v) is 10.6. The van der Waals surface area contributed by atoms with Crippen LogP contribution < -0.4 is 0 Å². The normalized spacial score (nSPS) is 14.2. The van der Waals surface area contributed by atoms with E-state index in [9.17, 15) is 5.11 Å². The lowest BCUT2D eigenvalue weighted by molar-refractivity contribution is -0.0221. The third-order valence-electron chi connectivity index (χ3n) is 2.87. The number of nitrogens with zero attached hydrogens (tertiary/aromatic N) is 1. The van der Waals surface area contributed by atoms with Crippen molar-refractivity contribution in [3.63, 3.8) is 0 Å². The molecule has 1 aromatic rings. The second-order valence-corrected chi connectivity index (χ2v) is 4.52. The minimum absolute atomic E-state index is 0.280. The number of aromatic nitrogens is 1. The van der Waals surface area contributed by atoms with Gasteiger partial charge in [-0.1, -0.05) is 13.8 Å². The standard InChI is InChI=1S/C11H19NO2S/c1-5-11(6-2,14-4)10-12-9(7-15-10)8(3)13/h7-8,13H,5-6H2,1-4H3. The van der Waals surface area contributed by atoms with E-state index in [1.165, 1.54) is 0 Å². The van der Waals surface area contributed by atoms with Crippen molar-refractivity contribution in [2.45, 2.75) is 45.3 Å². The first-order chi connectivity index (χ1) is 7.09. The van der Waals surface area contributed by atoms with Gasteiger partial charge in [0, 0.05) is 12.5 Å². The summed E-state index contributed by atoms with van der Waals surface area (Å²) in [7, 11) is 1.72. The van der Waals surface area contributed by atoms with E-state index >= 15 is 0 Å². The van der Waals surface area contributed by atoms with Crippen molar-refractivity contribution in [3.05, 3.63) is 16.1 Å². The lowest BCUT2D eigenvalue weighted by Crippen LogP contribution is -2.26. The zero-order valence-electron chi connectivity index (χ0n) is 9.78. The number of methoxy groups -OCH3 is 1. The molecule has 3 nitrogen and oxygen atoms in total. The molecule has 1 aromatic heterocycles. The molecule has 0 spiro atoms. The van der Waals surface area contributed by atoms with E-state index in [0.717, 1.165) is 23.5 Å². The predicted molar refractivity (Wildman–Crippen MR) is 62.0 cm³/mol. The predicted octanol–water partition coefficient (Wildman–Crippen LogP) is 2.86. The molecule has 1 atom stereocenters. The van der Waals surface area contributed by atoms with Crippen LogP contribution in [0.1, 0.15) is 50.4 Å². The highest BCUT2D eigenvalue weighted by atomic mass is 32.1. The average molecular weight is 229 g/mol. The van der Waals surface area contributed by atoms with Gasteiger partial charge in [0.15, 0.2) is 0 Å². The van der Waals surface area contributed by atoms with Crippen LogP contribution in [0, 0.1) is 0 Å². The molecule has 1 rings (SSSR count). The molecule has 0 aliphatic rings. The Morgan fingerprint density at radius 3 is 2.47 bits per heavy atom. The van der Waals surface area contributed by atoms with Crippen molar-refractivity contribution in [1.82, 2.24) is 4.98 Å². The largest absolute Gasteiger partial charge is 0.387 e. The highest BCUT2D eigenvalue weighted by molar-refractivity contribution is 7.09. The molecule has 0 saturated heterocycles. The Morgan fingerprint density at radius 2 is 2.13 bits per heavy atom. The number of ether oxygens (including phenoxy) is 1. The Balaban J connectivity index is 3.01. The van der Waals surface area contributed by atoms with Crippen LogP contribution in [-0.2, 0) is 10.3 Å². The molecule has 4 heteroatoms. The number of hydrogen-bond donors (Lipinski definition) is 1. The molecular formula is C11H19NO2S. The van der Waals surface area contributed by atoms with E-state index in [2.05, 4.69) is 18.8 Å². The average Bonchev–Trinajstić information content (AvgIpc) is 2.71. The molecule has 15 heavy (non-hydrogen) atoms. The summed E-state index contributed by atoms with van der Waals surface area (Å²) < 4.78 is 5.58. The summed E-state index contributed by atoms with van der Waals surface area (Å²) in [4.78, 5) is 4.44. The van der Waals surface area contributed by atoms with Crippen LogP contribution in [0.2, 0.25) is 0 Å². The van der Waals surface area contributed by atoms with E-state index in [-0.39, 0.29) is 5.60 Å². The molecule has 0 saturated carbocycles. The Morgan fingerprint density at radius 1 is 1.53 bits per heavy atom. The van der Waals surface area contributed by atoms with Crippen molar-refractivity contribution in [3.8, 4) is 0 Å². The fourth-order valence-corrected chi connectivity index (χ4v) is 2.84. The Bertz CT molecular complexity index is 297. The minimum atomic E-state index is -0.502. The summed E-state index contributed by atoms with van der Waals surface area (Å²) in [6.45, 7) is 5.91. The molecule has 0 bridgehead atoms.